The van der Waals surface area contributed by atoms with Crippen LogP contribution in [0.1, 0.15) is 26.7 Å². The molecule has 0 radical (unpaired) electrons. The first-order valence-corrected chi connectivity index (χ1v) is 10.3. The van der Waals surface area contributed by atoms with Gasteiger partial charge in [0.15, 0.2) is 5.79 Å². The predicted molar refractivity (Wildman–Crippen MR) is 78.7 cm³/mol. The van der Waals surface area contributed by atoms with Gasteiger partial charge in [-0.05, 0) is 33.5 Å². The lowest BCUT2D eigenvalue weighted by Gasteiger charge is -2.27. The second-order valence-electron chi connectivity index (χ2n) is 6.08. The van der Waals surface area contributed by atoms with Crippen LogP contribution in [0.5, 0.6) is 0 Å². The third kappa shape index (κ3) is 5.26. The smallest absolute Gasteiger partial charge is 0.336 e. The Morgan fingerprint density at radius 3 is 2.25 bits per heavy atom. The lowest BCUT2D eigenvalue weighted by atomic mass is 10.1. The molecule has 5 nitrogen and oxygen atoms in total. The van der Waals surface area contributed by atoms with Gasteiger partial charge in [-0.1, -0.05) is 0 Å². The van der Waals surface area contributed by atoms with Crippen LogP contribution in [-0.4, -0.2) is 40.4 Å². The molecule has 0 atom stereocenters. The average molecular weight is 302 g/mol. The van der Waals surface area contributed by atoms with E-state index in [1.54, 1.807) is 6.92 Å². The van der Waals surface area contributed by atoms with Gasteiger partial charge in [0.05, 0.1) is 31.7 Å². The number of methoxy groups -OCH3 is 1. The largest absolute Gasteiger partial charge is 0.547 e. The molecule has 0 aromatic carbocycles. The molecular weight excluding hydrogens is 276 g/mol. The topological polar surface area (TPSA) is 54.0 Å². The fraction of sp³-hybridized carbons (Fsp3) is 0.786. The first-order chi connectivity index (χ1) is 9.17. The second-order valence-corrected chi connectivity index (χ2v) is 10.5. The van der Waals surface area contributed by atoms with Crippen molar-refractivity contribution in [2.45, 2.75) is 52.1 Å². The Morgan fingerprint density at radius 1 is 1.25 bits per heavy atom. The van der Waals surface area contributed by atoms with Crippen LogP contribution in [-0.2, 0) is 23.4 Å². The van der Waals surface area contributed by atoms with E-state index in [-0.39, 0.29) is 5.97 Å². The normalized spacial score (nSPS) is 19.5. The summed E-state index contributed by atoms with van der Waals surface area (Å²) in [6.07, 6.45) is 1.25. The lowest BCUT2D eigenvalue weighted by Crippen LogP contribution is -2.29. The van der Waals surface area contributed by atoms with Crippen molar-refractivity contribution in [2.75, 3.05) is 20.3 Å². The summed E-state index contributed by atoms with van der Waals surface area (Å²) in [5, 5.41) is 0. The van der Waals surface area contributed by atoms with Crippen LogP contribution in [0.15, 0.2) is 11.3 Å². The fourth-order valence-electron chi connectivity index (χ4n) is 1.99. The van der Waals surface area contributed by atoms with Crippen molar-refractivity contribution >= 4 is 14.3 Å². The van der Waals surface area contributed by atoms with Gasteiger partial charge < -0.3 is 18.6 Å². The van der Waals surface area contributed by atoms with Crippen molar-refractivity contribution in [1.82, 2.24) is 0 Å². The monoisotopic (exact) mass is 302 g/mol. The zero-order chi connectivity index (χ0) is 15.4. The highest BCUT2D eigenvalue weighted by molar-refractivity contribution is 6.70. The lowest BCUT2D eigenvalue weighted by molar-refractivity contribution is -0.147. The molecule has 0 bridgehead atoms. The van der Waals surface area contributed by atoms with Crippen LogP contribution < -0.4 is 0 Å². The van der Waals surface area contributed by atoms with Crippen LogP contribution in [0.3, 0.4) is 0 Å². The van der Waals surface area contributed by atoms with Crippen LogP contribution in [0.25, 0.3) is 0 Å². The molecule has 1 heterocycles. The Hall–Kier alpha value is -0.853. The summed E-state index contributed by atoms with van der Waals surface area (Å²) < 4.78 is 22.0. The van der Waals surface area contributed by atoms with Gasteiger partial charge >= 0.3 is 5.97 Å². The van der Waals surface area contributed by atoms with E-state index in [4.69, 9.17) is 18.6 Å². The Balaban J connectivity index is 2.80. The van der Waals surface area contributed by atoms with Crippen molar-refractivity contribution in [3.8, 4) is 0 Å². The highest BCUT2D eigenvalue weighted by Crippen LogP contribution is 2.28. The second kappa shape index (κ2) is 6.73. The molecule has 0 aliphatic carbocycles. The van der Waals surface area contributed by atoms with Crippen molar-refractivity contribution in [3.05, 3.63) is 11.3 Å². The van der Waals surface area contributed by atoms with Crippen molar-refractivity contribution in [1.29, 1.82) is 0 Å². The molecule has 1 saturated heterocycles. The number of esters is 1. The van der Waals surface area contributed by atoms with E-state index < -0.39 is 14.1 Å². The highest BCUT2D eigenvalue weighted by atomic mass is 28.4. The third-order valence-corrected chi connectivity index (χ3v) is 3.90. The van der Waals surface area contributed by atoms with E-state index >= 15 is 0 Å². The van der Waals surface area contributed by atoms with Gasteiger partial charge in [0.25, 0.3) is 0 Å². The summed E-state index contributed by atoms with van der Waals surface area (Å²) >= 11 is 0. The van der Waals surface area contributed by atoms with Gasteiger partial charge in [-0.3, -0.25) is 0 Å². The number of ether oxygens (including phenoxy) is 3. The van der Waals surface area contributed by atoms with Gasteiger partial charge in [-0.25, -0.2) is 4.79 Å². The molecule has 1 fully saturated rings. The van der Waals surface area contributed by atoms with Crippen LogP contribution in [0.4, 0.5) is 0 Å². The number of hydrogen-bond acceptors (Lipinski definition) is 5. The molecule has 116 valence electrons. The maximum absolute atomic E-state index is 11.7. The van der Waals surface area contributed by atoms with Crippen LogP contribution >= 0.6 is 0 Å². The third-order valence-electron chi connectivity index (χ3n) is 3.04. The Labute approximate surface area is 122 Å². The van der Waals surface area contributed by atoms with Crippen LogP contribution in [0.2, 0.25) is 19.6 Å². The van der Waals surface area contributed by atoms with E-state index in [0.29, 0.717) is 37.4 Å². The summed E-state index contributed by atoms with van der Waals surface area (Å²) in [4.78, 5) is 11.7. The van der Waals surface area contributed by atoms with Gasteiger partial charge in [-0.15, -0.1) is 0 Å². The first kappa shape index (κ1) is 17.2. The minimum atomic E-state index is -1.79. The van der Waals surface area contributed by atoms with Gasteiger partial charge in [0.1, 0.15) is 0 Å². The molecule has 20 heavy (non-hydrogen) atoms. The zero-order valence-electron chi connectivity index (χ0n) is 13.4. The van der Waals surface area contributed by atoms with E-state index in [9.17, 15) is 4.79 Å². The molecular formula is C14H26O5Si. The molecule has 0 saturated carbocycles. The number of carbonyl (C=O) groups is 1. The Morgan fingerprint density at radius 2 is 1.80 bits per heavy atom. The van der Waals surface area contributed by atoms with E-state index in [0.717, 1.165) is 0 Å². The Bertz CT molecular complexity index is 378. The van der Waals surface area contributed by atoms with Gasteiger partial charge in [0, 0.05) is 12.8 Å². The number of rotatable bonds is 6. The quantitative estimate of drug-likeness (QED) is 0.327. The molecule has 1 aliphatic heterocycles. The van der Waals surface area contributed by atoms with E-state index in [1.165, 1.54) is 7.11 Å². The minimum absolute atomic E-state index is 0.350. The molecule has 1 rings (SSSR count). The summed E-state index contributed by atoms with van der Waals surface area (Å²) in [6.45, 7) is 11.1. The molecule has 1 aliphatic rings. The van der Waals surface area contributed by atoms with Crippen molar-refractivity contribution in [3.63, 3.8) is 0 Å². The van der Waals surface area contributed by atoms with E-state index in [1.807, 2.05) is 6.92 Å². The number of hydrogen-bond donors (Lipinski definition) is 0. The fourth-order valence-corrected chi connectivity index (χ4v) is 2.99. The maximum atomic E-state index is 11.7. The maximum Gasteiger partial charge on any atom is 0.336 e. The summed E-state index contributed by atoms with van der Waals surface area (Å²) in [7, 11) is -0.413. The average Bonchev–Trinajstić information content (AvgIpc) is 2.78. The van der Waals surface area contributed by atoms with Gasteiger partial charge in [-0.2, -0.15) is 0 Å². The molecule has 0 unspecified atom stereocenters. The molecule has 0 amide bonds. The molecule has 0 N–H and O–H groups in total. The Kier molecular flexibility index (Phi) is 5.79. The van der Waals surface area contributed by atoms with Crippen molar-refractivity contribution < 1.29 is 23.4 Å². The minimum Gasteiger partial charge on any atom is -0.547 e. The molecule has 6 heteroatoms. The molecule has 0 spiro atoms. The van der Waals surface area contributed by atoms with Gasteiger partial charge in [0.2, 0.25) is 8.32 Å². The van der Waals surface area contributed by atoms with Crippen LogP contribution in [0, 0.1) is 0 Å². The summed E-state index contributed by atoms with van der Waals surface area (Å²) in [6, 6.07) is 0. The first-order valence-electron chi connectivity index (χ1n) is 6.92. The summed E-state index contributed by atoms with van der Waals surface area (Å²) in [5.41, 5.74) is 0.525. The SMILES string of the molecule is COC(=O)/C(C)=C(\CCC1(C)OCCO1)O[Si](C)(C)C. The zero-order valence-corrected chi connectivity index (χ0v) is 14.4. The standard InChI is InChI=1S/C14H26O5Si/c1-11(13(15)16-3)12(19-20(4,5)6)7-8-14(2)17-9-10-18-14/h7-10H2,1-6H3/b12-11+. The van der Waals surface area contributed by atoms with E-state index in [2.05, 4.69) is 19.6 Å². The molecule has 0 aromatic heterocycles. The summed E-state index contributed by atoms with van der Waals surface area (Å²) in [5.74, 6) is -0.238. The number of allylic oxidation sites excluding steroid dienone is 1. The number of carbonyl (C=O) groups excluding carboxylic acids is 1. The van der Waals surface area contributed by atoms with Crippen molar-refractivity contribution in [2.24, 2.45) is 0 Å². The highest BCUT2D eigenvalue weighted by Gasteiger charge is 2.32. The predicted octanol–water partition coefficient (Wildman–Crippen LogP) is 2.83. The molecule has 0 aromatic rings.